The van der Waals surface area contributed by atoms with Gasteiger partial charge in [-0.15, -0.1) is 34.2 Å². The number of hydrogen-bond acceptors (Lipinski definition) is 4. The van der Waals surface area contributed by atoms with Crippen LogP contribution in [0.2, 0.25) is 0 Å². The molecule has 3 rings (SSSR count). The molecule has 25 heavy (non-hydrogen) atoms. The van der Waals surface area contributed by atoms with Crippen LogP contribution < -0.4 is 5.32 Å². The molecule has 0 bridgehead atoms. The lowest BCUT2D eigenvalue weighted by atomic mass is 10.2. The summed E-state index contributed by atoms with van der Waals surface area (Å²) in [6.07, 6.45) is 7.33. The van der Waals surface area contributed by atoms with E-state index in [1.807, 2.05) is 0 Å². The standard InChI is InChI=1S/C17H30N6O.HI/c1-2-18-17(22-12-9-14(24)13-22)19-10-6-8-16-21-20-15-7-4-3-5-11-23(15)16;/h14,24H,2-13H2,1H3,(H,18,19);1H/t14-;/m1./s1. The minimum atomic E-state index is -0.222. The molecule has 8 heteroatoms. The summed E-state index contributed by atoms with van der Waals surface area (Å²) in [5.74, 6) is 3.20. The van der Waals surface area contributed by atoms with Gasteiger partial charge >= 0.3 is 0 Å². The summed E-state index contributed by atoms with van der Waals surface area (Å²) in [7, 11) is 0. The monoisotopic (exact) mass is 462 g/mol. The summed E-state index contributed by atoms with van der Waals surface area (Å²) in [6, 6.07) is 0. The number of guanidine groups is 1. The molecule has 0 aliphatic carbocycles. The van der Waals surface area contributed by atoms with Crippen molar-refractivity contribution in [2.75, 3.05) is 26.2 Å². The Morgan fingerprint density at radius 1 is 1.28 bits per heavy atom. The van der Waals surface area contributed by atoms with Crippen LogP contribution in [-0.2, 0) is 19.4 Å². The lowest BCUT2D eigenvalue weighted by molar-refractivity contribution is 0.188. The first kappa shape index (κ1) is 20.4. The highest BCUT2D eigenvalue weighted by Gasteiger charge is 2.22. The summed E-state index contributed by atoms with van der Waals surface area (Å²) in [4.78, 5) is 6.87. The second-order valence-corrected chi connectivity index (χ2v) is 6.72. The zero-order valence-corrected chi connectivity index (χ0v) is 17.5. The van der Waals surface area contributed by atoms with E-state index >= 15 is 0 Å². The second kappa shape index (κ2) is 10.3. The molecule has 0 amide bonds. The van der Waals surface area contributed by atoms with Gasteiger partial charge in [0, 0.05) is 45.6 Å². The number of aliphatic imine (C=N–C) groups is 1. The van der Waals surface area contributed by atoms with E-state index in [-0.39, 0.29) is 30.1 Å². The number of nitrogens with one attached hydrogen (secondary N) is 1. The molecule has 1 saturated heterocycles. The third-order valence-corrected chi connectivity index (χ3v) is 4.80. The van der Waals surface area contributed by atoms with E-state index in [0.717, 1.165) is 69.5 Å². The number of β-amino-alcohol motifs (C(OH)–C–C–N with tert-alkyl or cyclic N) is 1. The number of aliphatic hydroxyl groups is 1. The topological polar surface area (TPSA) is 78.6 Å². The van der Waals surface area contributed by atoms with Crippen molar-refractivity contribution in [3.63, 3.8) is 0 Å². The zero-order chi connectivity index (χ0) is 16.8. The van der Waals surface area contributed by atoms with Gasteiger partial charge < -0.3 is 19.9 Å². The summed E-state index contributed by atoms with van der Waals surface area (Å²) in [5, 5.41) is 21.8. The smallest absolute Gasteiger partial charge is 0.194 e. The first-order valence-corrected chi connectivity index (χ1v) is 9.40. The van der Waals surface area contributed by atoms with Crippen LogP contribution in [0.25, 0.3) is 0 Å². The molecule has 142 valence electrons. The second-order valence-electron chi connectivity index (χ2n) is 6.72. The Bertz CT molecular complexity index is 561. The average Bonchev–Trinajstić information content (AvgIpc) is 3.10. The molecule has 2 N–H and O–H groups in total. The molecule has 0 aromatic carbocycles. The van der Waals surface area contributed by atoms with Gasteiger partial charge in [-0.05, 0) is 32.6 Å². The number of hydrogen-bond donors (Lipinski definition) is 2. The first-order chi connectivity index (χ1) is 11.8. The number of halogens is 1. The molecule has 1 atom stereocenters. The molecule has 0 unspecified atom stereocenters. The van der Waals surface area contributed by atoms with E-state index in [1.165, 1.54) is 19.3 Å². The fourth-order valence-electron chi connectivity index (χ4n) is 3.51. The Balaban J connectivity index is 0.00000225. The molecule has 1 aromatic rings. The van der Waals surface area contributed by atoms with Crippen molar-refractivity contribution in [2.45, 2.75) is 64.5 Å². The highest BCUT2D eigenvalue weighted by molar-refractivity contribution is 14.0. The van der Waals surface area contributed by atoms with Gasteiger partial charge in [0.05, 0.1) is 6.10 Å². The van der Waals surface area contributed by atoms with E-state index in [0.29, 0.717) is 6.54 Å². The zero-order valence-electron chi connectivity index (χ0n) is 15.2. The van der Waals surface area contributed by atoms with Crippen LogP contribution in [0.3, 0.4) is 0 Å². The lowest BCUT2D eigenvalue weighted by Gasteiger charge is -2.20. The molecule has 2 aliphatic rings. The van der Waals surface area contributed by atoms with Crippen molar-refractivity contribution in [3.8, 4) is 0 Å². The predicted molar refractivity (Wildman–Crippen MR) is 109 cm³/mol. The highest BCUT2D eigenvalue weighted by Crippen LogP contribution is 2.15. The van der Waals surface area contributed by atoms with E-state index in [4.69, 9.17) is 4.99 Å². The van der Waals surface area contributed by atoms with Crippen LogP contribution in [-0.4, -0.2) is 63.0 Å². The van der Waals surface area contributed by atoms with Crippen molar-refractivity contribution >= 4 is 29.9 Å². The summed E-state index contributed by atoms with van der Waals surface area (Å²) >= 11 is 0. The molecule has 1 aromatic heterocycles. The maximum atomic E-state index is 9.71. The van der Waals surface area contributed by atoms with Crippen molar-refractivity contribution in [1.29, 1.82) is 0 Å². The van der Waals surface area contributed by atoms with Gasteiger partial charge in [0.25, 0.3) is 0 Å². The molecular weight excluding hydrogens is 431 g/mol. The van der Waals surface area contributed by atoms with Gasteiger partial charge in [-0.25, -0.2) is 0 Å². The Hall–Kier alpha value is -0.900. The average molecular weight is 462 g/mol. The Morgan fingerprint density at radius 3 is 2.92 bits per heavy atom. The molecular formula is C17H31IN6O. The number of fused-ring (bicyclic) bond motifs is 1. The van der Waals surface area contributed by atoms with Crippen LogP contribution in [0.1, 0.15) is 50.7 Å². The molecule has 2 aliphatic heterocycles. The highest BCUT2D eigenvalue weighted by atomic mass is 127. The fraction of sp³-hybridized carbons (Fsp3) is 0.824. The van der Waals surface area contributed by atoms with Crippen molar-refractivity contribution in [2.24, 2.45) is 4.99 Å². The minimum absolute atomic E-state index is 0. The fourth-order valence-corrected chi connectivity index (χ4v) is 3.51. The quantitative estimate of drug-likeness (QED) is 0.301. The number of aliphatic hydroxyl groups excluding tert-OH is 1. The number of aromatic nitrogens is 3. The SMILES string of the molecule is CCNC(=NCCCc1nnc2n1CCCCC2)N1CC[C@@H](O)C1.I. The van der Waals surface area contributed by atoms with Gasteiger partial charge in [0.15, 0.2) is 5.96 Å². The number of aryl methyl sites for hydroxylation is 2. The third-order valence-electron chi connectivity index (χ3n) is 4.80. The number of nitrogens with zero attached hydrogens (tertiary/aromatic N) is 5. The van der Waals surface area contributed by atoms with Crippen LogP contribution in [0, 0.1) is 0 Å². The predicted octanol–water partition coefficient (Wildman–Crippen LogP) is 1.59. The minimum Gasteiger partial charge on any atom is -0.391 e. The Labute approximate surface area is 167 Å². The van der Waals surface area contributed by atoms with Crippen LogP contribution in [0.5, 0.6) is 0 Å². The first-order valence-electron chi connectivity index (χ1n) is 9.40. The van der Waals surface area contributed by atoms with E-state index in [2.05, 4.69) is 31.9 Å². The maximum absolute atomic E-state index is 9.71. The van der Waals surface area contributed by atoms with Gasteiger partial charge in [-0.2, -0.15) is 0 Å². The number of rotatable bonds is 5. The van der Waals surface area contributed by atoms with Crippen LogP contribution in [0.4, 0.5) is 0 Å². The van der Waals surface area contributed by atoms with E-state index < -0.39 is 0 Å². The molecule has 3 heterocycles. The van der Waals surface area contributed by atoms with Gasteiger partial charge in [0.1, 0.15) is 11.6 Å². The van der Waals surface area contributed by atoms with Crippen molar-refractivity contribution < 1.29 is 5.11 Å². The Morgan fingerprint density at radius 2 is 2.16 bits per heavy atom. The largest absolute Gasteiger partial charge is 0.391 e. The molecule has 0 radical (unpaired) electrons. The van der Waals surface area contributed by atoms with Gasteiger partial charge in [-0.1, -0.05) is 6.42 Å². The van der Waals surface area contributed by atoms with Crippen molar-refractivity contribution in [1.82, 2.24) is 25.0 Å². The summed E-state index contributed by atoms with van der Waals surface area (Å²) < 4.78 is 2.32. The van der Waals surface area contributed by atoms with E-state index in [9.17, 15) is 5.11 Å². The number of likely N-dealkylation sites (tertiary alicyclic amines) is 1. The van der Waals surface area contributed by atoms with E-state index in [1.54, 1.807) is 0 Å². The van der Waals surface area contributed by atoms with Crippen LogP contribution >= 0.6 is 24.0 Å². The maximum Gasteiger partial charge on any atom is 0.194 e. The summed E-state index contributed by atoms with van der Waals surface area (Å²) in [6.45, 7) is 6.33. The van der Waals surface area contributed by atoms with Crippen molar-refractivity contribution in [3.05, 3.63) is 11.6 Å². The lowest BCUT2D eigenvalue weighted by Crippen LogP contribution is -2.40. The Kier molecular flexibility index (Phi) is 8.41. The van der Waals surface area contributed by atoms with Gasteiger partial charge in [0.2, 0.25) is 0 Å². The summed E-state index contributed by atoms with van der Waals surface area (Å²) in [5.41, 5.74) is 0. The normalized spacial score (nSPS) is 20.8. The molecule has 0 saturated carbocycles. The molecule has 7 nitrogen and oxygen atoms in total. The van der Waals surface area contributed by atoms with Gasteiger partial charge in [-0.3, -0.25) is 4.99 Å². The molecule has 1 fully saturated rings. The van der Waals surface area contributed by atoms with Crippen LogP contribution in [0.15, 0.2) is 4.99 Å². The molecule has 0 spiro atoms. The third kappa shape index (κ3) is 5.54.